The number of aromatic nitrogens is 1. The number of nitrogens with zero attached hydrogens (tertiary/aromatic N) is 1. The molecule has 0 unspecified atom stereocenters. The molecule has 2 aromatic carbocycles. The van der Waals surface area contributed by atoms with Crippen LogP contribution in [-0.4, -0.2) is 35.3 Å². The number of rotatable bonds is 6. The van der Waals surface area contributed by atoms with E-state index in [-0.39, 0.29) is 0 Å². The van der Waals surface area contributed by atoms with Crippen molar-refractivity contribution < 1.29 is 14.6 Å². The average Bonchev–Trinajstić information content (AvgIpc) is 3.14. The summed E-state index contributed by atoms with van der Waals surface area (Å²) in [6.45, 7) is 4.50. The van der Waals surface area contributed by atoms with Gasteiger partial charge in [0.15, 0.2) is 0 Å². The van der Waals surface area contributed by atoms with E-state index in [9.17, 15) is 4.79 Å². The van der Waals surface area contributed by atoms with Gasteiger partial charge in [-0.05, 0) is 54.7 Å². The van der Waals surface area contributed by atoms with Gasteiger partial charge in [-0.25, -0.2) is 9.78 Å². The lowest BCUT2D eigenvalue weighted by atomic mass is 10.0. The van der Waals surface area contributed by atoms with Crippen molar-refractivity contribution >= 4 is 17.3 Å². The van der Waals surface area contributed by atoms with Crippen LogP contribution in [0.2, 0.25) is 0 Å². The lowest BCUT2D eigenvalue weighted by Gasteiger charge is -2.22. The fraction of sp³-hybridized carbons (Fsp3) is 0.304. The third kappa shape index (κ3) is 4.72. The Morgan fingerprint density at radius 3 is 2.59 bits per heavy atom. The first-order valence-electron chi connectivity index (χ1n) is 9.82. The first kappa shape index (κ1) is 19.8. The molecule has 0 aliphatic carbocycles. The highest BCUT2D eigenvalue weighted by molar-refractivity contribution is 7.15. The van der Waals surface area contributed by atoms with Crippen LogP contribution in [0.3, 0.4) is 0 Å². The van der Waals surface area contributed by atoms with Gasteiger partial charge < -0.3 is 15.2 Å². The largest absolute Gasteiger partial charge is 0.478 e. The molecule has 2 N–H and O–H groups in total. The van der Waals surface area contributed by atoms with Gasteiger partial charge in [-0.15, -0.1) is 11.3 Å². The Labute approximate surface area is 174 Å². The van der Waals surface area contributed by atoms with E-state index in [2.05, 4.69) is 24.4 Å². The van der Waals surface area contributed by atoms with Gasteiger partial charge in [-0.1, -0.05) is 30.3 Å². The van der Waals surface area contributed by atoms with Crippen molar-refractivity contribution in [3.8, 4) is 21.6 Å². The third-order valence-corrected chi connectivity index (χ3v) is 6.40. The quantitative estimate of drug-likeness (QED) is 0.616. The van der Waals surface area contributed by atoms with Crippen molar-refractivity contribution in [3.05, 3.63) is 64.8 Å². The molecule has 0 atom stereocenters. The Kier molecular flexibility index (Phi) is 6.04. The van der Waals surface area contributed by atoms with Crippen LogP contribution >= 0.6 is 11.3 Å². The molecule has 6 heteroatoms. The third-order valence-electron chi connectivity index (χ3n) is 5.19. The van der Waals surface area contributed by atoms with Crippen molar-refractivity contribution in [3.63, 3.8) is 0 Å². The highest BCUT2D eigenvalue weighted by Gasteiger charge is 2.15. The second-order valence-electron chi connectivity index (χ2n) is 7.25. The number of hydrogen-bond acceptors (Lipinski definition) is 5. The molecule has 1 saturated heterocycles. The molecule has 1 aliphatic heterocycles. The van der Waals surface area contributed by atoms with Gasteiger partial charge in [-0.2, -0.15) is 0 Å². The van der Waals surface area contributed by atoms with Crippen molar-refractivity contribution in [1.29, 1.82) is 0 Å². The molecule has 0 bridgehead atoms. The van der Waals surface area contributed by atoms with Gasteiger partial charge in [0.1, 0.15) is 5.01 Å². The molecule has 0 radical (unpaired) electrons. The summed E-state index contributed by atoms with van der Waals surface area (Å²) < 4.78 is 5.42. The Hall–Kier alpha value is -2.54. The number of carbonyl (C=O) groups is 1. The van der Waals surface area contributed by atoms with E-state index >= 15 is 0 Å². The van der Waals surface area contributed by atoms with Crippen LogP contribution in [0.1, 0.15) is 33.9 Å². The number of ether oxygens (including phenoxy) is 1. The Bertz CT molecular complexity index is 992. The molecule has 29 heavy (non-hydrogen) atoms. The van der Waals surface area contributed by atoms with E-state index < -0.39 is 5.97 Å². The topological polar surface area (TPSA) is 71.5 Å². The summed E-state index contributed by atoms with van der Waals surface area (Å²) >= 11 is 1.73. The molecule has 2 heterocycles. The zero-order valence-corrected chi connectivity index (χ0v) is 17.2. The number of thiazole rings is 1. The first-order valence-corrected chi connectivity index (χ1v) is 10.6. The van der Waals surface area contributed by atoms with Crippen LogP contribution in [0.5, 0.6) is 0 Å². The van der Waals surface area contributed by atoms with E-state index in [1.165, 1.54) is 4.88 Å². The minimum absolute atomic E-state index is 0.296. The van der Waals surface area contributed by atoms with E-state index in [1.807, 2.05) is 24.3 Å². The summed E-state index contributed by atoms with van der Waals surface area (Å²) in [7, 11) is 0. The van der Waals surface area contributed by atoms with Crippen LogP contribution < -0.4 is 5.32 Å². The summed E-state index contributed by atoms with van der Waals surface area (Å²) in [6.07, 6.45) is 2.11. The number of hydrogen-bond donors (Lipinski definition) is 2. The molecule has 0 amide bonds. The van der Waals surface area contributed by atoms with Gasteiger partial charge in [-0.3, -0.25) is 0 Å². The molecule has 150 valence electrons. The fourth-order valence-corrected chi connectivity index (χ4v) is 4.59. The summed E-state index contributed by atoms with van der Waals surface area (Å²) in [6, 6.07) is 15.8. The molecule has 0 saturated carbocycles. The van der Waals surface area contributed by atoms with Crippen LogP contribution in [0.25, 0.3) is 21.6 Å². The van der Waals surface area contributed by atoms with Gasteiger partial charge in [0.2, 0.25) is 0 Å². The molecular weight excluding hydrogens is 384 g/mol. The predicted molar refractivity (Wildman–Crippen MR) is 115 cm³/mol. The van der Waals surface area contributed by atoms with Crippen LogP contribution in [0.15, 0.2) is 48.5 Å². The molecule has 5 nitrogen and oxygen atoms in total. The smallest absolute Gasteiger partial charge is 0.335 e. The standard InChI is InChI=1S/C23H24N2O3S/c1-15-22(29-21(25-15)14-24-20-9-11-28-12-10-20)19-4-2-3-18(13-19)16-5-7-17(8-6-16)23(26)27/h2-8,13,20,24H,9-12,14H2,1H3,(H,26,27). The number of benzene rings is 2. The van der Waals surface area contributed by atoms with Gasteiger partial charge in [0.25, 0.3) is 0 Å². The maximum atomic E-state index is 11.1. The van der Waals surface area contributed by atoms with Crippen LogP contribution in [0.4, 0.5) is 0 Å². The number of aromatic carboxylic acids is 1. The summed E-state index contributed by atoms with van der Waals surface area (Å²) in [4.78, 5) is 17.0. The van der Waals surface area contributed by atoms with Gasteiger partial charge in [0, 0.05) is 25.8 Å². The average molecular weight is 409 g/mol. The summed E-state index contributed by atoms with van der Waals surface area (Å²) in [5.74, 6) is -0.910. The minimum atomic E-state index is -0.910. The zero-order valence-electron chi connectivity index (χ0n) is 16.4. The van der Waals surface area contributed by atoms with E-state index in [0.29, 0.717) is 11.6 Å². The highest BCUT2D eigenvalue weighted by Crippen LogP contribution is 2.33. The number of carboxylic acid groups (broad SMARTS) is 1. The van der Waals surface area contributed by atoms with Crippen molar-refractivity contribution in [2.24, 2.45) is 0 Å². The van der Waals surface area contributed by atoms with Crippen molar-refractivity contribution in [1.82, 2.24) is 10.3 Å². The molecular formula is C23H24N2O3S. The lowest BCUT2D eigenvalue weighted by molar-refractivity contribution is 0.0696. The van der Waals surface area contributed by atoms with Crippen molar-refractivity contribution in [2.45, 2.75) is 32.4 Å². The molecule has 0 spiro atoms. The normalized spacial score (nSPS) is 14.8. The lowest BCUT2D eigenvalue weighted by Crippen LogP contribution is -2.34. The van der Waals surface area contributed by atoms with Gasteiger partial charge >= 0.3 is 5.97 Å². The summed E-state index contributed by atoms with van der Waals surface area (Å²) in [5.41, 5.74) is 4.54. The monoisotopic (exact) mass is 408 g/mol. The van der Waals surface area contributed by atoms with Crippen LogP contribution in [-0.2, 0) is 11.3 Å². The molecule has 4 rings (SSSR count). The Morgan fingerprint density at radius 1 is 1.14 bits per heavy atom. The second-order valence-corrected chi connectivity index (χ2v) is 8.34. The minimum Gasteiger partial charge on any atom is -0.478 e. The van der Waals surface area contributed by atoms with Crippen LogP contribution in [0, 0.1) is 6.92 Å². The number of carboxylic acids is 1. The maximum absolute atomic E-state index is 11.1. The molecule has 1 fully saturated rings. The highest BCUT2D eigenvalue weighted by atomic mass is 32.1. The number of aryl methyl sites for hydroxylation is 1. The summed E-state index contributed by atoms with van der Waals surface area (Å²) in [5, 5.41) is 13.8. The fourth-order valence-electron chi connectivity index (χ4n) is 3.57. The van der Waals surface area contributed by atoms with E-state index in [0.717, 1.165) is 60.0 Å². The first-order chi connectivity index (χ1) is 14.1. The number of nitrogens with one attached hydrogen (secondary N) is 1. The predicted octanol–water partition coefficient (Wildman–Crippen LogP) is 4.75. The van der Waals surface area contributed by atoms with E-state index in [4.69, 9.17) is 14.8 Å². The zero-order chi connectivity index (χ0) is 20.2. The van der Waals surface area contributed by atoms with Crippen molar-refractivity contribution in [2.75, 3.05) is 13.2 Å². The SMILES string of the molecule is Cc1nc(CNC2CCOCC2)sc1-c1cccc(-c2ccc(C(=O)O)cc2)c1. The molecule has 1 aromatic heterocycles. The Morgan fingerprint density at radius 2 is 1.86 bits per heavy atom. The Balaban J connectivity index is 1.51. The maximum Gasteiger partial charge on any atom is 0.335 e. The second kappa shape index (κ2) is 8.86. The molecule has 3 aromatic rings. The van der Waals surface area contributed by atoms with E-state index in [1.54, 1.807) is 23.5 Å². The molecule has 1 aliphatic rings. The van der Waals surface area contributed by atoms with Gasteiger partial charge in [0.05, 0.1) is 16.1 Å².